The highest BCUT2D eigenvalue weighted by Gasteiger charge is 2.13. The summed E-state index contributed by atoms with van der Waals surface area (Å²) in [5.74, 6) is -0.910. The van der Waals surface area contributed by atoms with Gasteiger partial charge >= 0.3 is 5.97 Å². The van der Waals surface area contributed by atoms with Crippen LogP contribution in [-0.2, 0) is 0 Å². The second kappa shape index (κ2) is 5.23. The number of carbonyl (C=O) groups is 1. The van der Waals surface area contributed by atoms with Crippen molar-refractivity contribution < 1.29 is 9.90 Å². The Hall–Kier alpha value is -1.81. The predicted octanol–water partition coefficient (Wildman–Crippen LogP) is 3.93. The minimum absolute atomic E-state index is 0.101. The molecule has 1 atom stereocenters. The van der Waals surface area contributed by atoms with E-state index in [1.54, 1.807) is 29.5 Å². The first-order valence-corrected chi connectivity index (χ1v) is 6.55. The summed E-state index contributed by atoms with van der Waals surface area (Å²) in [6.45, 7) is 4.09. The Morgan fingerprint density at radius 2 is 2.00 bits per heavy atom. The fourth-order valence-corrected chi connectivity index (χ4v) is 2.67. The molecule has 1 aromatic carbocycles. The van der Waals surface area contributed by atoms with Crippen LogP contribution in [0.2, 0.25) is 0 Å². The molecule has 94 valence electrons. The number of anilines is 1. The summed E-state index contributed by atoms with van der Waals surface area (Å²) in [6.07, 6.45) is 0. The van der Waals surface area contributed by atoms with Crippen molar-refractivity contribution in [2.75, 3.05) is 5.32 Å². The van der Waals surface area contributed by atoms with Crippen LogP contribution < -0.4 is 5.32 Å². The minimum atomic E-state index is -0.910. The fraction of sp³-hybridized carbons (Fsp3) is 0.214. The molecule has 0 saturated carbocycles. The number of benzene rings is 1. The SMILES string of the molecule is Cc1ccc(C(C)Nc2ccccc2C(=O)O)s1. The third-order valence-corrected chi connectivity index (χ3v) is 3.90. The van der Waals surface area contributed by atoms with Gasteiger partial charge in [-0.3, -0.25) is 0 Å². The Balaban J connectivity index is 2.21. The molecule has 0 spiro atoms. The summed E-state index contributed by atoms with van der Waals surface area (Å²) in [6, 6.07) is 11.2. The van der Waals surface area contributed by atoms with Gasteiger partial charge in [-0.15, -0.1) is 11.3 Å². The first-order valence-electron chi connectivity index (χ1n) is 5.73. The maximum Gasteiger partial charge on any atom is 0.337 e. The Kier molecular flexibility index (Phi) is 3.67. The van der Waals surface area contributed by atoms with Crippen LogP contribution in [0.4, 0.5) is 5.69 Å². The zero-order chi connectivity index (χ0) is 13.1. The van der Waals surface area contributed by atoms with Crippen molar-refractivity contribution in [3.63, 3.8) is 0 Å². The van der Waals surface area contributed by atoms with Gasteiger partial charge in [0.1, 0.15) is 0 Å². The molecule has 18 heavy (non-hydrogen) atoms. The van der Waals surface area contributed by atoms with Crippen LogP contribution in [0.3, 0.4) is 0 Å². The molecule has 0 radical (unpaired) electrons. The molecule has 2 rings (SSSR count). The number of aromatic carboxylic acids is 1. The molecule has 2 N–H and O–H groups in total. The third-order valence-electron chi connectivity index (χ3n) is 2.72. The van der Waals surface area contributed by atoms with Gasteiger partial charge in [0.15, 0.2) is 0 Å². The number of carboxylic acid groups (broad SMARTS) is 1. The van der Waals surface area contributed by atoms with Crippen LogP contribution in [0.1, 0.15) is 33.1 Å². The summed E-state index contributed by atoms with van der Waals surface area (Å²) < 4.78 is 0. The summed E-state index contributed by atoms with van der Waals surface area (Å²) in [5.41, 5.74) is 0.959. The van der Waals surface area contributed by atoms with Gasteiger partial charge in [-0.25, -0.2) is 4.79 Å². The monoisotopic (exact) mass is 261 g/mol. The number of rotatable bonds is 4. The quantitative estimate of drug-likeness (QED) is 0.876. The Morgan fingerprint density at radius 1 is 1.28 bits per heavy atom. The van der Waals surface area contributed by atoms with Crippen molar-refractivity contribution in [3.05, 3.63) is 51.7 Å². The van der Waals surface area contributed by atoms with Crippen molar-refractivity contribution in [1.29, 1.82) is 0 Å². The maximum atomic E-state index is 11.1. The molecule has 1 heterocycles. The molecule has 0 aliphatic rings. The minimum Gasteiger partial charge on any atom is -0.478 e. The van der Waals surface area contributed by atoms with E-state index in [0.717, 1.165) is 0 Å². The van der Waals surface area contributed by atoms with E-state index in [2.05, 4.69) is 24.4 Å². The Bertz CT molecular complexity index is 562. The van der Waals surface area contributed by atoms with Crippen molar-refractivity contribution in [2.24, 2.45) is 0 Å². The highest BCUT2D eigenvalue weighted by Crippen LogP contribution is 2.27. The molecule has 4 heteroatoms. The first kappa shape index (κ1) is 12.6. The lowest BCUT2D eigenvalue weighted by Crippen LogP contribution is -2.09. The van der Waals surface area contributed by atoms with E-state index in [0.29, 0.717) is 11.3 Å². The molecule has 0 fully saturated rings. The standard InChI is InChI=1S/C14H15NO2S/c1-9-7-8-13(18-9)10(2)15-12-6-4-3-5-11(12)14(16)17/h3-8,10,15H,1-2H3,(H,16,17). The zero-order valence-corrected chi connectivity index (χ0v) is 11.1. The molecule has 2 aromatic rings. The van der Waals surface area contributed by atoms with Gasteiger partial charge in [-0.05, 0) is 38.1 Å². The highest BCUT2D eigenvalue weighted by molar-refractivity contribution is 7.12. The van der Waals surface area contributed by atoms with Gasteiger partial charge in [-0.1, -0.05) is 12.1 Å². The van der Waals surface area contributed by atoms with Crippen molar-refractivity contribution in [1.82, 2.24) is 0 Å². The number of carboxylic acids is 1. The van der Waals surface area contributed by atoms with Crippen LogP contribution in [-0.4, -0.2) is 11.1 Å². The molecule has 0 aliphatic carbocycles. The topological polar surface area (TPSA) is 49.3 Å². The van der Waals surface area contributed by atoms with Crippen LogP contribution in [0.15, 0.2) is 36.4 Å². The van der Waals surface area contributed by atoms with Gasteiger partial charge < -0.3 is 10.4 Å². The Labute approximate surface area is 110 Å². The lowest BCUT2D eigenvalue weighted by molar-refractivity contribution is 0.0698. The third kappa shape index (κ3) is 2.71. The predicted molar refractivity (Wildman–Crippen MR) is 74.5 cm³/mol. The molecule has 1 unspecified atom stereocenters. The second-order valence-corrected chi connectivity index (χ2v) is 5.48. The summed E-state index contributed by atoms with van der Waals surface area (Å²) in [4.78, 5) is 13.6. The van der Waals surface area contributed by atoms with E-state index < -0.39 is 5.97 Å². The van der Waals surface area contributed by atoms with Crippen molar-refractivity contribution >= 4 is 23.0 Å². The summed E-state index contributed by atoms with van der Waals surface area (Å²) >= 11 is 1.72. The van der Waals surface area contributed by atoms with Crippen molar-refractivity contribution in [3.8, 4) is 0 Å². The van der Waals surface area contributed by atoms with Crippen LogP contribution in [0.25, 0.3) is 0 Å². The van der Waals surface area contributed by atoms with Gasteiger partial charge in [0, 0.05) is 15.4 Å². The second-order valence-electron chi connectivity index (χ2n) is 4.17. The zero-order valence-electron chi connectivity index (χ0n) is 10.3. The fourth-order valence-electron chi connectivity index (χ4n) is 1.79. The molecule has 0 amide bonds. The van der Waals surface area contributed by atoms with Gasteiger partial charge in [-0.2, -0.15) is 0 Å². The Morgan fingerprint density at radius 3 is 2.61 bits per heavy atom. The molecule has 0 saturated heterocycles. The number of nitrogens with one attached hydrogen (secondary N) is 1. The maximum absolute atomic E-state index is 11.1. The lowest BCUT2D eigenvalue weighted by Gasteiger charge is -2.15. The van der Waals surface area contributed by atoms with Crippen LogP contribution >= 0.6 is 11.3 Å². The number of para-hydroxylation sites is 1. The van der Waals surface area contributed by atoms with E-state index in [1.807, 2.05) is 13.0 Å². The average Bonchev–Trinajstić information content (AvgIpc) is 2.76. The number of hydrogen-bond donors (Lipinski definition) is 2. The molecular formula is C14H15NO2S. The molecule has 3 nitrogen and oxygen atoms in total. The van der Waals surface area contributed by atoms with E-state index >= 15 is 0 Å². The molecule has 0 bridgehead atoms. The van der Waals surface area contributed by atoms with E-state index in [-0.39, 0.29) is 6.04 Å². The summed E-state index contributed by atoms with van der Waals surface area (Å²) in [5, 5.41) is 12.4. The van der Waals surface area contributed by atoms with E-state index in [9.17, 15) is 4.79 Å². The smallest absolute Gasteiger partial charge is 0.337 e. The number of hydrogen-bond acceptors (Lipinski definition) is 3. The van der Waals surface area contributed by atoms with Crippen LogP contribution in [0.5, 0.6) is 0 Å². The number of thiophene rings is 1. The highest BCUT2D eigenvalue weighted by atomic mass is 32.1. The van der Waals surface area contributed by atoms with Gasteiger partial charge in [0.2, 0.25) is 0 Å². The van der Waals surface area contributed by atoms with Crippen molar-refractivity contribution in [2.45, 2.75) is 19.9 Å². The van der Waals surface area contributed by atoms with Crippen LogP contribution in [0, 0.1) is 6.92 Å². The van der Waals surface area contributed by atoms with E-state index in [4.69, 9.17) is 5.11 Å². The lowest BCUT2D eigenvalue weighted by atomic mass is 10.1. The summed E-state index contributed by atoms with van der Waals surface area (Å²) in [7, 11) is 0. The molecule has 1 aromatic heterocycles. The first-order chi connectivity index (χ1) is 8.58. The van der Waals surface area contributed by atoms with Gasteiger partial charge in [0.05, 0.1) is 11.6 Å². The average molecular weight is 261 g/mol. The largest absolute Gasteiger partial charge is 0.478 e. The normalized spacial score (nSPS) is 12.1. The number of aryl methyl sites for hydroxylation is 1. The van der Waals surface area contributed by atoms with E-state index in [1.165, 1.54) is 9.75 Å². The van der Waals surface area contributed by atoms with Gasteiger partial charge in [0.25, 0.3) is 0 Å². The molecule has 0 aliphatic heterocycles. The molecular weight excluding hydrogens is 246 g/mol.